The van der Waals surface area contributed by atoms with Gasteiger partial charge in [-0.1, -0.05) is 13.3 Å². The quantitative estimate of drug-likeness (QED) is 0.795. The normalized spacial score (nSPS) is 25.6. The molecule has 0 aliphatic carbocycles. The first-order valence-corrected chi connectivity index (χ1v) is 7.71. The van der Waals surface area contributed by atoms with Crippen LogP contribution >= 0.6 is 0 Å². The number of piperidine rings is 1. The molecule has 1 aliphatic rings. The van der Waals surface area contributed by atoms with Gasteiger partial charge in [0.05, 0.1) is 5.25 Å². The van der Waals surface area contributed by atoms with Gasteiger partial charge in [-0.25, -0.2) is 8.42 Å². The molecule has 0 bridgehead atoms. The van der Waals surface area contributed by atoms with Crippen LogP contribution in [-0.4, -0.2) is 43.6 Å². The number of sulfonamides is 1. The highest BCUT2D eigenvalue weighted by Crippen LogP contribution is 2.22. The third-order valence-corrected chi connectivity index (χ3v) is 5.64. The molecule has 4 nitrogen and oxygen atoms in total. The number of nitrogens with zero attached hydrogens (tertiary/aromatic N) is 1. The Balaban J connectivity index is 2.67. The van der Waals surface area contributed by atoms with E-state index in [9.17, 15) is 8.42 Å². The first-order chi connectivity index (χ1) is 7.50. The van der Waals surface area contributed by atoms with Crippen molar-refractivity contribution < 1.29 is 8.42 Å². The molecule has 5 heteroatoms. The summed E-state index contributed by atoms with van der Waals surface area (Å²) in [7, 11) is -3.11. The monoisotopic (exact) mass is 248 g/mol. The summed E-state index contributed by atoms with van der Waals surface area (Å²) in [6.07, 6.45) is 3.14. The van der Waals surface area contributed by atoms with Gasteiger partial charge in [0, 0.05) is 19.1 Å². The first-order valence-electron chi connectivity index (χ1n) is 6.21. The molecule has 1 aliphatic heterocycles. The summed E-state index contributed by atoms with van der Waals surface area (Å²) >= 11 is 0. The van der Waals surface area contributed by atoms with Crippen molar-refractivity contribution >= 4 is 10.0 Å². The Labute approximate surface area is 99.5 Å². The van der Waals surface area contributed by atoms with Crippen LogP contribution < -0.4 is 5.32 Å². The van der Waals surface area contributed by atoms with E-state index in [1.807, 2.05) is 13.8 Å². The molecule has 0 saturated carbocycles. The Morgan fingerprint density at radius 3 is 2.69 bits per heavy atom. The molecular formula is C11H24N2O2S. The zero-order chi connectivity index (χ0) is 12.2. The Kier molecular flexibility index (Phi) is 5.21. The van der Waals surface area contributed by atoms with E-state index in [4.69, 9.17) is 0 Å². The summed E-state index contributed by atoms with van der Waals surface area (Å²) < 4.78 is 26.3. The molecule has 1 heterocycles. The van der Waals surface area contributed by atoms with Crippen LogP contribution in [0, 0.1) is 0 Å². The van der Waals surface area contributed by atoms with E-state index in [1.54, 1.807) is 11.2 Å². The number of nitrogens with one attached hydrogen (secondary N) is 1. The van der Waals surface area contributed by atoms with Crippen molar-refractivity contribution in [1.82, 2.24) is 9.62 Å². The average Bonchev–Trinajstić information content (AvgIpc) is 2.26. The largest absolute Gasteiger partial charge is 0.316 e. The lowest BCUT2D eigenvalue weighted by Crippen LogP contribution is -2.48. The van der Waals surface area contributed by atoms with Gasteiger partial charge in [-0.15, -0.1) is 0 Å². The van der Waals surface area contributed by atoms with E-state index in [1.165, 1.54) is 0 Å². The molecule has 0 spiro atoms. The van der Waals surface area contributed by atoms with E-state index in [2.05, 4.69) is 5.32 Å². The molecule has 2 atom stereocenters. The standard InChI is InChI=1S/C11H24N2O2S/c1-4-12-9-11(3)16(14,15)13-8-6-5-7-10(13)2/h10-12H,4-9H2,1-3H3. The van der Waals surface area contributed by atoms with Crippen LogP contribution in [0.2, 0.25) is 0 Å². The second-order valence-corrected chi connectivity index (χ2v) is 6.92. The van der Waals surface area contributed by atoms with Crippen LogP contribution in [0.5, 0.6) is 0 Å². The van der Waals surface area contributed by atoms with E-state index >= 15 is 0 Å². The van der Waals surface area contributed by atoms with Crippen molar-refractivity contribution in [1.29, 1.82) is 0 Å². The van der Waals surface area contributed by atoms with Gasteiger partial charge in [-0.2, -0.15) is 4.31 Å². The SMILES string of the molecule is CCNCC(C)S(=O)(=O)N1CCCCC1C. The van der Waals surface area contributed by atoms with Crippen LogP contribution in [0.15, 0.2) is 0 Å². The predicted molar refractivity (Wildman–Crippen MR) is 66.9 cm³/mol. The van der Waals surface area contributed by atoms with Crippen molar-refractivity contribution in [3.05, 3.63) is 0 Å². The molecule has 1 fully saturated rings. The van der Waals surface area contributed by atoms with E-state index in [0.717, 1.165) is 25.8 Å². The summed E-state index contributed by atoms with van der Waals surface area (Å²) in [6.45, 7) is 7.84. The summed E-state index contributed by atoms with van der Waals surface area (Å²) in [6, 6.07) is 0.169. The summed E-state index contributed by atoms with van der Waals surface area (Å²) in [5, 5.41) is 2.78. The number of hydrogen-bond acceptors (Lipinski definition) is 3. The average molecular weight is 248 g/mol. The van der Waals surface area contributed by atoms with Crippen LogP contribution in [0.25, 0.3) is 0 Å². The van der Waals surface area contributed by atoms with Gasteiger partial charge in [-0.3, -0.25) is 0 Å². The van der Waals surface area contributed by atoms with Crippen LogP contribution in [0.4, 0.5) is 0 Å². The molecule has 96 valence electrons. The minimum Gasteiger partial charge on any atom is -0.316 e. The molecule has 0 aromatic heterocycles. The molecule has 0 radical (unpaired) electrons. The third-order valence-electron chi connectivity index (χ3n) is 3.26. The second-order valence-electron chi connectivity index (χ2n) is 4.62. The van der Waals surface area contributed by atoms with Crippen LogP contribution in [0.3, 0.4) is 0 Å². The zero-order valence-corrected chi connectivity index (χ0v) is 11.4. The topological polar surface area (TPSA) is 49.4 Å². The third kappa shape index (κ3) is 3.18. The first kappa shape index (κ1) is 13.9. The van der Waals surface area contributed by atoms with E-state index in [0.29, 0.717) is 13.1 Å². The number of hydrogen-bond donors (Lipinski definition) is 1. The fraction of sp³-hybridized carbons (Fsp3) is 1.00. The highest BCUT2D eigenvalue weighted by atomic mass is 32.2. The van der Waals surface area contributed by atoms with Crippen molar-refractivity contribution in [2.24, 2.45) is 0 Å². The maximum Gasteiger partial charge on any atom is 0.218 e. The van der Waals surface area contributed by atoms with Crippen molar-refractivity contribution in [3.63, 3.8) is 0 Å². The summed E-state index contributed by atoms with van der Waals surface area (Å²) in [5.41, 5.74) is 0. The highest BCUT2D eigenvalue weighted by Gasteiger charge is 2.33. The highest BCUT2D eigenvalue weighted by molar-refractivity contribution is 7.89. The molecule has 2 unspecified atom stereocenters. The van der Waals surface area contributed by atoms with Crippen LogP contribution in [0.1, 0.15) is 40.0 Å². The zero-order valence-electron chi connectivity index (χ0n) is 10.6. The molecular weight excluding hydrogens is 224 g/mol. The van der Waals surface area contributed by atoms with Gasteiger partial charge in [-0.05, 0) is 33.2 Å². The van der Waals surface area contributed by atoms with Gasteiger partial charge in [0.15, 0.2) is 0 Å². The van der Waals surface area contributed by atoms with Crippen molar-refractivity contribution in [2.45, 2.75) is 51.3 Å². The summed E-state index contributed by atoms with van der Waals surface area (Å²) in [5.74, 6) is 0. The maximum atomic E-state index is 12.3. The van der Waals surface area contributed by atoms with Crippen molar-refractivity contribution in [3.8, 4) is 0 Å². The van der Waals surface area contributed by atoms with Gasteiger partial charge in [0.25, 0.3) is 0 Å². The number of rotatable bonds is 5. The maximum absolute atomic E-state index is 12.3. The fourth-order valence-electron chi connectivity index (χ4n) is 2.13. The van der Waals surface area contributed by atoms with Gasteiger partial charge >= 0.3 is 0 Å². The van der Waals surface area contributed by atoms with Gasteiger partial charge in [0.2, 0.25) is 10.0 Å². The second kappa shape index (κ2) is 5.98. The Bertz CT molecular complexity index is 303. The lowest BCUT2D eigenvalue weighted by molar-refractivity contribution is 0.266. The smallest absolute Gasteiger partial charge is 0.218 e. The fourth-order valence-corrected chi connectivity index (χ4v) is 3.92. The molecule has 0 aromatic rings. The Hall–Kier alpha value is -0.130. The van der Waals surface area contributed by atoms with Crippen LogP contribution in [-0.2, 0) is 10.0 Å². The lowest BCUT2D eigenvalue weighted by Gasteiger charge is -2.34. The Morgan fingerprint density at radius 1 is 1.44 bits per heavy atom. The minimum atomic E-state index is -3.11. The molecule has 0 amide bonds. The Morgan fingerprint density at radius 2 is 2.12 bits per heavy atom. The van der Waals surface area contributed by atoms with E-state index in [-0.39, 0.29) is 11.3 Å². The van der Waals surface area contributed by atoms with Crippen molar-refractivity contribution in [2.75, 3.05) is 19.6 Å². The predicted octanol–water partition coefficient (Wildman–Crippen LogP) is 1.19. The van der Waals surface area contributed by atoms with Gasteiger partial charge < -0.3 is 5.32 Å². The molecule has 1 N–H and O–H groups in total. The minimum absolute atomic E-state index is 0.169. The molecule has 0 aromatic carbocycles. The summed E-state index contributed by atoms with van der Waals surface area (Å²) in [4.78, 5) is 0. The van der Waals surface area contributed by atoms with E-state index < -0.39 is 10.0 Å². The molecule has 16 heavy (non-hydrogen) atoms. The molecule has 1 saturated heterocycles. The molecule has 1 rings (SSSR count). The lowest BCUT2D eigenvalue weighted by atomic mass is 10.1. The van der Waals surface area contributed by atoms with Gasteiger partial charge in [0.1, 0.15) is 0 Å².